The van der Waals surface area contributed by atoms with E-state index in [9.17, 15) is 5.11 Å². The number of nitrogen functional groups attached to an aromatic ring is 1. The molecule has 124 valence electrons. The molecule has 2 unspecified atom stereocenters. The van der Waals surface area contributed by atoms with Crippen LogP contribution in [0.4, 0.5) is 5.69 Å². The van der Waals surface area contributed by atoms with Crippen molar-refractivity contribution in [1.29, 1.82) is 0 Å². The van der Waals surface area contributed by atoms with E-state index in [2.05, 4.69) is 11.8 Å². The van der Waals surface area contributed by atoms with E-state index in [0.29, 0.717) is 11.5 Å². The highest BCUT2D eigenvalue weighted by molar-refractivity contribution is 5.53. The summed E-state index contributed by atoms with van der Waals surface area (Å²) in [7, 11) is 0. The highest BCUT2D eigenvalue weighted by Gasteiger charge is 2.55. The predicted molar refractivity (Wildman–Crippen MR) is 91.4 cm³/mol. The topological polar surface area (TPSA) is 49.5 Å². The molecule has 1 aromatic rings. The second-order valence-corrected chi connectivity index (χ2v) is 8.92. The molecule has 3 N–H and O–H groups in total. The van der Waals surface area contributed by atoms with Crippen LogP contribution in [-0.4, -0.2) is 16.0 Å². The van der Waals surface area contributed by atoms with Gasteiger partial charge in [-0.1, -0.05) is 12.1 Å². The lowest BCUT2D eigenvalue weighted by molar-refractivity contribution is -0.129. The molecule has 3 nitrogen and oxygen atoms in total. The van der Waals surface area contributed by atoms with Gasteiger partial charge in [-0.2, -0.15) is 0 Å². The Balaban J connectivity index is 1.46. The van der Waals surface area contributed by atoms with Crippen molar-refractivity contribution < 1.29 is 5.11 Å². The maximum Gasteiger partial charge on any atom is 0.134 e. The molecule has 1 aromatic carbocycles. The van der Waals surface area contributed by atoms with Crippen molar-refractivity contribution in [3.63, 3.8) is 0 Å². The first-order valence-electron chi connectivity index (χ1n) is 9.37. The molecule has 4 aliphatic carbocycles. The predicted octanol–water partition coefficient (Wildman–Crippen LogP) is 3.68. The van der Waals surface area contributed by atoms with Gasteiger partial charge in [-0.3, -0.25) is 4.90 Å². The van der Waals surface area contributed by atoms with Crippen molar-refractivity contribution in [3.8, 4) is 0 Å². The number of hydrogen-bond donors (Lipinski definition) is 2. The summed E-state index contributed by atoms with van der Waals surface area (Å²) in [5.41, 5.74) is 9.62. The largest absolute Gasteiger partial charge is 0.398 e. The molecule has 4 saturated carbocycles. The van der Waals surface area contributed by atoms with E-state index in [4.69, 9.17) is 5.73 Å². The standard InChI is InChI=1S/C20H28N2O/c1-12(20-8-13-5-14(9-20)7-15(6-13)10-20)22-11-17-16(19(22)23)3-2-4-18(17)21/h2-4,12-15,19,23H,5-11,21H2,1H3. The van der Waals surface area contributed by atoms with Crippen molar-refractivity contribution in [2.45, 2.75) is 64.3 Å². The van der Waals surface area contributed by atoms with Crippen molar-refractivity contribution in [3.05, 3.63) is 29.3 Å². The highest BCUT2D eigenvalue weighted by atomic mass is 16.3. The first-order chi connectivity index (χ1) is 11.1. The summed E-state index contributed by atoms with van der Waals surface area (Å²) in [5.74, 6) is 2.86. The number of benzene rings is 1. The Morgan fingerprint density at radius 3 is 2.30 bits per heavy atom. The smallest absolute Gasteiger partial charge is 0.134 e. The zero-order chi connectivity index (χ0) is 15.8. The zero-order valence-electron chi connectivity index (χ0n) is 14.0. The molecule has 1 aliphatic heterocycles. The molecular weight excluding hydrogens is 284 g/mol. The highest BCUT2D eigenvalue weighted by Crippen LogP contribution is 2.62. The third-order valence-electron chi connectivity index (χ3n) is 7.65. The molecule has 0 spiro atoms. The van der Waals surface area contributed by atoms with E-state index < -0.39 is 6.23 Å². The minimum Gasteiger partial charge on any atom is -0.398 e. The summed E-state index contributed by atoms with van der Waals surface area (Å²) in [6.07, 6.45) is 8.10. The van der Waals surface area contributed by atoms with E-state index in [0.717, 1.165) is 41.1 Å². The molecule has 2 atom stereocenters. The average Bonchev–Trinajstić information content (AvgIpc) is 2.84. The number of anilines is 1. The van der Waals surface area contributed by atoms with Crippen LogP contribution in [0.15, 0.2) is 18.2 Å². The van der Waals surface area contributed by atoms with E-state index in [-0.39, 0.29) is 0 Å². The van der Waals surface area contributed by atoms with Gasteiger partial charge in [-0.05, 0) is 80.2 Å². The van der Waals surface area contributed by atoms with Crippen LogP contribution in [0, 0.1) is 23.2 Å². The molecule has 0 aromatic heterocycles. The Labute approximate surface area is 138 Å². The number of aliphatic hydroxyl groups excluding tert-OH is 1. The number of fused-ring (bicyclic) bond motifs is 1. The summed E-state index contributed by atoms with van der Waals surface area (Å²) in [6, 6.07) is 6.42. The summed E-state index contributed by atoms with van der Waals surface area (Å²) < 4.78 is 0. The van der Waals surface area contributed by atoms with Gasteiger partial charge in [0, 0.05) is 23.8 Å². The molecule has 0 radical (unpaired) electrons. The Kier molecular flexibility index (Phi) is 2.94. The van der Waals surface area contributed by atoms with Gasteiger partial charge in [0.2, 0.25) is 0 Å². The van der Waals surface area contributed by atoms with Crippen LogP contribution < -0.4 is 5.73 Å². The van der Waals surface area contributed by atoms with Crippen LogP contribution in [0.5, 0.6) is 0 Å². The summed E-state index contributed by atoms with van der Waals surface area (Å²) in [6.45, 7) is 3.19. The van der Waals surface area contributed by atoms with Gasteiger partial charge in [0.15, 0.2) is 0 Å². The van der Waals surface area contributed by atoms with Crippen molar-refractivity contribution >= 4 is 5.69 Å². The fourth-order valence-corrected chi connectivity index (χ4v) is 6.89. The van der Waals surface area contributed by atoms with Gasteiger partial charge in [-0.25, -0.2) is 0 Å². The van der Waals surface area contributed by atoms with E-state index in [1.54, 1.807) is 0 Å². The lowest BCUT2D eigenvalue weighted by Crippen LogP contribution is -2.55. The summed E-state index contributed by atoms with van der Waals surface area (Å²) in [4.78, 5) is 2.33. The van der Waals surface area contributed by atoms with Crippen molar-refractivity contribution in [2.24, 2.45) is 23.2 Å². The summed E-state index contributed by atoms with van der Waals surface area (Å²) >= 11 is 0. The Morgan fingerprint density at radius 1 is 1.13 bits per heavy atom. The monoisotopic (exact) mass is 312 g/mol. The normalized spacial score (nSPS) is 42.9. The zero-order valence-corrected chi connectivity index (χ0v) is 14.0. The quantitative estimate of drug-likeness (QED) is 0.819. The first-order valence-corrected chi connectivity index (χ1v) is 9.37. The number of rotatable bonds is 2. The Bertz CT molecular complexity index is 605. The SMILES string of the molecule is CC(N1Cc2c(N)cccc2C1O)C12CC3CC(CC(C3)C1)C2. The van der Waals surface area contributed by atoms with E-state index >= 15 is 0 Å². The van der Waals surface area contributed by atoms with Crippen LogP contribution in [0.25, 0.3) is 0 Å². The number of nitrogens with two attached hydrogens (primary N) is 1. The molecule has 4 fully saturated rings. The minimum atomic E-state index is -0.475. The Hall–Kier alpha value is -1.06. The third kappa shape index (κ3) is 1.96. The van der Waals surface area contributed by atoms with Crippen LogP contribution in [-0.2, 0) is 6.54 Å². The third-order valence-corrected chi connectivity index (χ3v) is 7.65. The molecule has 5 aliphatic rings. The van der Waals surface area contributed by atoms with Crippen molar-refractivity contribution in [1.82, 2.24) is 4.90 Å². The average molecular weight is 312 g/mol. The first kappa shape index (κ1) is 14.3. The van der Waals surface area contributed by atoms with E-state index in [1.807, 2.05) is 18.2 Å². The maximum absolute atomic E-state index is 10.9. The molecule has 3 heteroatoms. The number of hydrogen-bond acceptors (Lipinski definition) is 3. The van der Waals surface area contributed by atoms with Crippen LogP contribution in [0.3, 0.4) is 0 Å². The van der Waals surface area contributed by atoms with Gasteiger partial charge in [-0.15, -0.1) is 0 Å². The summed E-state index contributed by atoms with van der Waals surface area (Å²) in [5, 5.41) is 10.9. The lowest BCUT2D eigenvalue weighted by atomic mass is 9.47. The fourth-order valence-electron chi connectivity index (χ4n) is 6.89. The second-order valence-electron chi connectivity index (χ2n) is 8.92. The molecule has 1 heterocycles. The molecule has 0 amide bonds. The van der Waals surface area contributed by atoms with Crippen LogP contribution in [0.2, 0.25) is 0 Å². The van der Waals surface area contributed by atoms with Crippen LogP contribution >= 0.6 is 0 Å². The van der Waals surface area contributed by atoms with Gasteiger partial charge in [0.25, 0.3) is 0 Å². The van der Waals surface area contributed by atoms with Gasteiger partial charge in [0.05, 0.1) is 0 Å². The molecule has 23 heavy (non-hydrogen) atoms. The lowest BCUT2D eigenvalue weighted by Gasteiger charge is -2.60. The number of nitrogens with zero attached hydrogens (tertiary/aromatic N) is 1. The maximum atomic E-state index is 10.9. The molecule has 6 rings (SSSR count). The van der Waals surface area contributed by atoms with E-state index in [1.165, 1.54) is 38.5 Å². The van der Waals surface area contributed by atoms with Crippen molar-refractivity contribution in [2.75, 3.05) is 5.73 Å². The van der Waals surface area contributed by atoms with Gasteiger partial charge < -0.3 is 10.8 Å². The van der Waals surface area contributed by atoms with Gasteiger partial charge >= 0.3 is 0 Å². The molecule has 0 saturated heterocycles. The molecule has 4 bridgehead atoms. The van der Waals surface area contributed by atoms with Gasteiger partial charge in [0.1, 0.15) is 6.23 Å². The fraction of sp³-hybridized carbons (Fsp3) is 0.700. The Morgan fingerprint density at radius 2 is 1.74 bits per heavy atom. The minimum absolute atomic E-state index is 0.437. The number of aliphatic hydroxyl groups is 1. The van der Waals surface area contributed by atoms with Crippen LogP contribution in [0.1, 0.15) is 62.8 Å². The second kappa shape index (κ2) is 4.73. The molecular formula is C20H28N2O.